The number of nitrogens with two attached hydrogens (primary N) is 2. The van der Waals surface area contributed by atoms with E-state index in [2.05, 4.69) is 36.2 Å². The second-order valence-electron chi connectivity index (χ2n) is 15.2. The van der Waals surface area contributed by atoms with Gasteiger partial charge >= 0.3 is 0 Å². The molecule has 5 atom stereocenters. The van der Waals surface area contributed by atoms with E-state index >= 15 is 0 Å². The Balaban J connectivity index is 1.30. The summed E-state index contributed by atoms with van der Waals surface area (Å²) in [5, 5.41) is 14.4. The summed E-state index contributed by atoms with van der Waals surface area (Å²) in [5.41, 5.74) is 15.8. The molecule has 0 saturated carbocycles. The van der Waals surface area contributed by atoms with Gasteiger partial charge in [0, 0.05) is 54.7 Å². The third-order valence-corrected chi connectivity index (χ3v) is 10.6. The summed E-state index contributed by atoms with van der Waals surface area (Å²) in [6.45, 7) is 1.88. The zero-order valence-corrected chi connectivity index (χ0v) is 33.7. The largest absolute Gasteiger partial charge is 0.361 e. The van der Waals surface area contributed by atoms with Gasteiger partial charge < -0.3 is 42.7 Å². The smallest absolute Gasteiger partial charge is 0.243 e. The number of benzene rings is 4. The maximum Gasteiger partial charge on any atom is 0.243 e. The average Bonchev–Trinajstić information content (AvgIpc) is 3.92. The fourth-order valence-electron chi connectivity index (χ4n) is 7.29. The van der Waals surface area contributed by atoms with E-state index in [0.717, 1.165) is 38.4 Å². The number of aromatic nitrogens is 3. The zero-order valence-electron chi connectivity index (χ0n) is 33.7. The molecule has 0 aliphatic heterocycles. The molecule has 4 aromatic carbocycles. The number of hydrogen-bond donors (Lipinski definition) is 8. The monoisotopic (exact) mass is 811 g/mol. The summed E-state index contributed by atoms with van der Waals surface area (Å²) < 4.78 is 0. The number of Topliss-reactive ketones (excluding diaryl/α,β-unsaturated/α-hetero) is 1. The van der Waals surface area contributed by atoms with E-state index in [1.54, 1.807) is 12.4 Å². The standard InChI is InChI=1S/C46H53N9O5/c1-29(56)38(16-9-10-20-47)52-44(58)40(22-30-11-3-2-4-12-30)54-45(59)41(23-31-18-19-32-13-5-6-14-33(32)21-31)55-46(60)42(24-34-26-50-39-17-8-7-15-36(34)39)53-43(57)37(48)25-35-27-49-28-51-35/h2-8,11-15,17-19,21,26-28,37-38,40-42,50H,9-10,16,20,22-25,47-48H2,1H3,(H,49,51)(H,52,58)(H,53,57)(H,54,59)(H,55,60). The molecule has 2 heterocycles. The van der Waals surface area contributed by atoms with Crippen LogP contribution in [-0.4, -0.2) is 81.1 Å². The Kier molecular flexibility index (Phi) is 14.9. The maximum absolute atomic E-state index is 14.6. The number of carbonyl (C=O) groups excluding carboxylic acids is 5. The van der Waals surface area contributed by atoms with Gasteiger partial charge in [-0.25, -0.2) is 4.98 Å². The molecule has 0 aliphatic carbocycles. The number of ketones is 1. The Morgan fingerprint density at radius 1 is 0.633 bits per heavy atom. The van der Waals surface area contributed by atoms with Gasteiger partial charge in [0.1, 0.15) is 18.1 Å². The van der Waals surface area contributed by atoms with Gasteiger partial charge in [0.2, 0.25) is 23.6 Å². The molecule has 0 spiro atoms. The number of unbranched alkanes of at least 4 members (excludes halogenated alkanes) is 1. The van der Waals surface area contributed by atoms with Crippen LogP contribution in [0.3, 0.4) is 0 Å². The van der Waals surface area contributed by atoms with Gasteiger partial charge in [-0.05, 0) is 66.3 Å². The summed E-state index contributed by atoms with van der Waals surface area (Å²) in [7, 11) is 0. The van der Waals surface area contributed by atoms with Crippen molar-refractivity contribution in [1.29, 1.82) is 0 Å². The number of rotatable bonds is 21. The fourth-order valence-corrected chi connectivity index (χ4v) is 7.29. The molecule has 6 aromatic rings. The summed E-state index contributed by atoms with van der Waals surface area (Å²) in [5.74, 6) is -2.55. The van der Waals surface area contributed by atoms with E-state index in [1.807, 2.05) is 97.1 Å². The minimum atomic E-state index is -1.20. The van der Waals surface area contributed by atoms with E-state index in [0.29, 0.717) is 31.5 Å². The van der Waals surface area contributed by atoms with Crippen molar-refractivity contribution in [3.63, 3.8) is 0 Å². The second kappa shape index (κ2) is 20.9. The quantitative estimate of drug-likeness (QED) is 0.0502. The van der Waals surface area contributed by atoms with E-state index in [9.17, 15) is 24.0 Å². The van der Waals surface area contributed by atoms with Crippen LogP contribution in [0.4, 0.5) is 0 Å². The number of nitrogens with one attached hydrogen (secondary N) is 6. The van der Waals surface area contributed by atoms with Crippen LogP contribution in [0, 0.1) is 0 Å². The van der Waals surface area contributed by atoms with Gasteiger partial charge in [0.25, 0.3) is 0 Å². The first-order valence-electron chi connectivity index (χ1n) is 20.3. The molecule has 2 aromatic heterocycles. The van der Waals surface area contributed by atoms with E-state index in [4.69, 9.17) is 11.5 Å². The van der Waals surface area contributed by atoms with Crippen LogP contribution in [0.2, 0.25) is 0 Å². The first-order chi connectivity index (χ1) is 29.1. The Morgan fingerprint density at radius 3 is 1.93 bits per heavy atom. The van der Waals surface area contributed by atoms with Gasteiger partial charge in [0.05, 0.1) is 18.4 Å². The summed E-state index contributed by atoms with van der Waals surface area (Å²) >= 11 is 0. The second-order valence-corrected chi connectivity index (χ2v) is 15.2. The molecule has 14 heteroatoms. The van der Waals surface area contributed by atoms with Crippen LogP contribution in [0.15, 0.2) is 116 Å². The lowest BCUT2D eigenvalue weighted by Crippen LogP contribution is -2.59. The predicted octanol–water partition coefficient (Wildman–Crippen LogP) is 3.30. The molecule has 0 aliphatic rings. The molecule has 6 rings (SSSR count). The van der Waals surface area contributed by atoms with Crippen molar-refractivity contribution in [2.75, 3.05) is 6.54 Å². The molecule has 0 fully saturated rings. The SMILES string of the molecule is CC(=O)C(CCCCN)NC(=O)C(Cc1ccccc1)NC(=O)C(Cc1ccc2ccccc2c1)NC(=O)C(Cc1c[nH]c2ccccc12)NC(=O)C(N)Cc1cnc[nH]1. The lowest BCUT2D eigenvalue weighted by atomic mass is 9.98. The molecule has 4 amide bonds. The van der Waals surface area contributed by atoms with Gasteiger partial charge in [0.15, 0.2) is 5.78 Å². The fraction of sp³-hybridized carbons (Fsp3) is 0.304. The number of para-hydroxylation sites is 1. The van der Waals surface area contributed by atoms with E-state index < -0.39 is 53.8 Å². The highest BCUT2D eigenvalue weighted by atomic mass is 16.2. The van der Waals surface area contributed by atoms with E-state index in [1.165, 1.54) is 13.3 Å². The van der Waals surface area contributed by atoms with Crippen molar-refractivity contribution >= 4 is 51.1 Å². The number of nitrogens with zero attached hydrogens (tertiary/aromatic N) is 1. The third-order valence-electron chi connectivity index (χ3n) is 10.6. The Bertz CT molecular complexity index is 2380. The minimum Gasteiger partial charge on any atom is -0.361 e. The van der Waals surface area contributed by atoms with Gasteiger partial charge in [-0.3, -0.25) is 24.0 Å². The number of H-pyrrole nitrogens is 2. The molecule has 0 saturated heterocycles. The molecule has 0 radical (unpaired) electrons. The topological polar surface area (TPSA) is 230 Å². The molecular formula is C46H53N9O5. The molecular weight excluding hydrogens is 759 g/mol. The Morgan fingerprint density at radius 2 is 1.25 bits per heavy atom. The van der Waals surface area contributed by atoms with Crippen molar-refractivity contribution in [2.45, 2.75) is 82.1 Å². The van der Waals surface area contributed by atoms with Gasteiger partial charge in [-0.1, -0.05) is 91.0 Å². The number of carbonyl (C=O) groups is 5. The molecule has 5 unspecified atom stereocenters. The van der Waals surface area contributed by atoms with Crippen molar-refractivity contribution in [3.8, 4) is 0 Å². The van der Waals surface area contributed by atoms with Crippen LogP contribution >= 0.6 is 0 Å². The molecule has 10 N–H and O–H groups in total. The van der Waals surface area contributed by atoms with Gasteiger partial charge in [-0.2, -0.15) is 0 Å². The van der Waals surface area contributed by atoms with Crippen LogP contribution in [-0.2, 0) is 49.7 Å². The Labute approximate surface area is 348 Å². The lowest BCUT2D eigenvalue weighted by molar-refractivity contribution is -0.134. The number of aromatic amines is 2. The van der Waals surface area contributed by atoms with Gasteiger partial charge in [-0.15, -0.1) is 0 Å². The maximum atomic E-state index is 14.6. The van der Waals surface area contributed by atoms with Crippen LogP contribution in [0.25, 0.3) is 21.7 Å². The lowest BCUT2D eigenvalue weighted by Gasteiger charge is -2.27. The number of amides is 4. The first-order valence-corrected chi connectivity index (χ1v) is 20.3. The van der Waals surface area contributed by atoms with E-state index in [-0.39, 0.29) is 31.5 Å². The highest BCUT2D eigenvalue weighted by Crippen LogP contribution is 2.21. The van der Waals surface area contributed by atoms with Crippen LogP contribution in [0.1, 0.15) is 48.6 Å². The highest BCUT2D eigenvalue weighted by Gasteiger charge is 2.32. The summed E-state index contributed by atoms with van der Waals surface area (Å²) in [4.78, 5) is 79.6. The van der Waals surface area contributed by atoms with Crippen LogP contribution < -0.4 is 32.7 Å². The predicted molar refractivity (Wildman–Crippen MR) is 231 cm³/mol. The number of fused-ring (bicyclic) bond motifs is 2. The molecule has 0 bridgehead atoms. The first kappa shape index (κ1) is 43.0. The van der Waals surface area contributed by atoms with Crippen LogP contribution in [0.5, 0.6) is 0 Å². The zero-order chi connectivity index (χ0) is 42.4. The molecule has 60 heavy (non-hydrogen) atoms. The average molecular weight is 812 g/mol. The number of hydrogen-bond acceptors (Lipinski definition) is 8. The molecule has 312 valence electrons. The summed E-state index contributed by atoms with van der Waals surface area (Å²) in [6.07, 6.45) is 7.01. The third kappa shape index (κ3) is 11.7. The number of imidazole rings is 1. The Hall–Kier alpha value is -6.64. The molecule has 14 nitrogen and oxygen atoms in total. The highest BCUT2D eigenvalue weighted by molar-refractivity contribution is 5.97. The summed E-state index contributed by atoms with van der Waals surface area (Å²) in [6, 6.07) is 25.2. The van der Waals surface area contributed by atoms with Crippen molar-refractivity contribution < 1.29 is 24.0 Å². The minimum absolute atomic E-state index is 0.0599. The van der Waals surface area contributed by atoms with Crippen molar-refractivity contribution in [1.82, 2.24) is 36.2 Å². The van der Waals surface area contributed by atoms with Crippen molar-refractivity contribution in [3.05, 3.63) is 138 Å². The van der Waals surface area contributed by atoms with Crippen molar-refractivity contribution in [2.24, 2.45) is 11.5 Å². The normalized spacial score (nSPS) is 13.8.